The minimum absolute atomic E-state index is 0.0108. The molecule has 7 aromatic rings. The Morgan fingerprint density at radius 1 is 0.790 bits per heavy atom. The maximum absolute atomic E-state index is 13.3. The molecule has 3 amide bonds. The Kier molecular flexibility index (Phi) is 13.7. The van der Waals surface area contributed by atoms with Gasteiger partial charge in [-0.2, -0.15) is 10.2 Å². The number of aliphatic hydroxyl groups is 1. The van der Waals surface area contributed by atoms with Gasteiger partial charge < -0.3 is 26.4 Å². The normalized spacial score (nSPS) is 11.2. The summed E-state index contributed by atoms with van der Waals surface area (Å²) in [6, 6.07) is 15.7. The average Bonchev–Trinajstić information content (AvgIpc) is 3.80. The number of nitrogens with zero attached hydrogens (tertiary/aromatic N) is 7. The van der Waals surface area contributed by atoms with Gasteiger partial charge in [0, 0.05) is 38.7 Å². The van der Waals surface area contributed by atoms with Gasteiger partial charge in [0.15, 0.2) is 23.0 Å². The Bertz CT molecular complexity index is 2820. The molecular weight excluding hydrogens is 845 g/mol. The summed E-state index contributed by atoms with van der Waals surface area (Å²) in [6.45, 7) is 10.1. The van der Waals surface area contributed by atoms with Crippen LogP contribution in [0.25, 0.3) is 27.8 Å². The number of aryl methyl sites for hydroxylation is 1. The molecular formula is C42H40Cl2F2N12O4. The topological polar surface area (TPSA) is 218 Å². The third-order valence-electron chi connectivity index (χ3n) is 8.94. The van der Waals surface area contributed by atoms with Crippen LogP contribution in [0.5, 0.6) is 0 Å². The zero-order chi connectivity index (χ0) is 44.7. The lowest BCUT2D eigenvalue weighted by atomic mass is 9.92. The van der Waals surface area contributed by atoms with Crippen LogP contribution in [0.3, 0.4) is 0 Å². The van der Waals surface area contributed by atoms with Gasteiger partial charge in [-0.25, -0.2) is 28.7 Å². The maximum atomic E-state index is 13.3. The standard InChI is InChI=1S/C22H18ClFN6O2.C20H22ClFN6O2/c1-12(31)15-4-2-3-13(7-15)9-25-21-19-18(29-30-21)20(28-11-27-19)22(32)26-10-14-5-6-17(24)16(23)8-14;1-20(2,3)8-14(29)26-18-15-17(28(4)27-18)16(25-10-24-15)19(30)23-9-11-5-6-13(22)12(21)7-11/h2-8,11,31H,1,9-10H2,(H,26,32)(H2,25,29,30);5-7,10H,8-9H2,1-4H3,(H,23,30)(H,26,27,29). The number of aromatic nitrogens is 8. The summed E-state index contributed by atoms with van der Waals surface area (Å²) in [5.41, 5.74) is 4.45. The lowest BCUT2D eigenvalue weighted by molar-refractivity contribution is -0.117. The van der Waals surface area contributed by atoms with Crippen molar-refractivity contribution in [1.29, 1.82) is 0 Å². The molecule has 20 heteroatoms. The number of H-pyrrole nitrogens is 1. The third kappa shape index (κ3) is 11.0. The monoisotopic (exact) mass is 884 g/mol. The highest BCUT2D eigenvalue weighted by molar-refractivity contribution is 6.31. The molecule has 3 aromatic carbocycles. The van der Waals surface area contributed by atoms with Gasteiger partial charge in [0.1, 0.15) is 52.1 Å². The lowest BCUT2D eigenvalue weighted by Gasteiger charge is -2.16. The lowest BCUT2D eigenvalue weighted by Crippen LogP contribution is -2.24. The van der Waals surface area contributed by atoms with E-state index >= 15 is 0 Å². The van der Waals surface area contributed by atoms with E-state index in [4.69, 9.17) is 23.2 Å². The fourth-order valence-electron chi connectivity index (χ4n) is 6.02. The number of halogens is 4. The van der Waals surface area contributed by atoms with Crippen molar-refractivity contribution in [3.05, 3.63) is 135 Å². The van der Waals surface area contributed by atoms with Crippen molar-refractivity contribution in [1.82, 2.24) is 50.5 Å². The predicted molar refractivity (Wildman–Crippen MR) is 231 cm³/mol. The zero-order valence-corrected chi connectivity index (χ0v) is 35.3. The summed E-state index contributed by atoms with van der Waals surface area (Å²) in [6.07, 6.45) is 2.83. The van der Waals surface area contributed by atoms with Crippen molar-refractivity contribution in [3.63, 3.8) is 0 Å². The van der Waals surface area contributed by atoms with Crippen molar-refractivity contribution in [2.24, 2.45) is 12.5 Å². The number of rotatable bonds is 12. The molecule has 0 atom stereocenters. The fraction of sp³-hybridized carbons (Fsp3) is 0.214. The van der Waals surface area contributed by atoms with E-state index in [0.29, 0.717) is 57.5 Å². The molecule has 6 N–H and O–H groups in total. The predicted octanol–water partition coefficient (Wildman–Crippen LogP) is 7.68. The van der Waals surface area contributed by atoms with Gasteiger partial charge in [-0.1, -0.05) is 80.9 Å². The van der Waals surface area contributed by atoms with Gasteiger partial charge in [-0.15, -0.1) is 0 Å². The number of amides is 3. The maximum Gasteiger partial charge on any atom is 0.272 e. The molecule has 4 heterocycles. The number of aromatic amines is 1. The molecule has 4 aromatic heterocycles. The van der Waals surface area contributed by atoms with Crippen LogP contribution >= 0.6 is 23.2 Å². The molecule has 0 radical (unpaired) electrons. The number of aliphatic hydroxyl groups excluding tert-OH is 1. The molecule has 0 bridgehead atoms. The molecule has 0 fully saturated rings. The number of benzene rings is 3. The summed E-state index contributed by atoms with van der Waals surface area (Å²) >= 11 is 11.6. The highest BCUT2D eigenvalue weighted by Gasteiger charge is 2.23. The first-order chi connectivity index (χ1) is 29.5. The Hall–Kier alpha value is -7.05. The minimum Gasteiger partial charge on any atom is -0.508 e. The molecule has 16 nitrogen and oxygen atoms in total. The molecule has 7 rings (SSSR count). The van der Waals surface area contributed by atoms with Crippen molar-refractivity contribution in [3.8, 4) is 0 Å². The first-order valence-corrected chi connectivity index (χ1v) is 19.5. The highest BCUT2D eigenvalue weighted by atomic mass is 35.5. The van der Waals surface area contributed by atoms with Crippen LogP contribution in [-0.4, -0.2) is 62.7 Å². The zero-order valence-electron chi connectivity index (χ0n) is 33.8. The summed E-state index contributed by atoms with van der Waals surface area (Å²) < 4.78 is 28.0. The van der Waals surface area contributed by atoms with Gasteiger partial charge in [0.25, 0.3) is 11.8 Å². The second kappa shape index (κ2) is 19.1. The first-order valence-electron chi connectivity index (χ1n) is 18.8. The number of carbonyl (C=O) groups excluding carboxylic acids is 3. The summed E-state index contributed by atoms with van der Waals surface area (Å²) in [5.74, 6) is -1.44. The van der Waals surface area contributed by atoms with Crippen molar-refractivity contribution in [2.75, 3.05) is 10.6 Å². The Balaban J connectivity index is 0.000000207. The van der Waals surface area contributed by atoms with Crippen molar-refractivity contribution < 1.29 is 28.3 Å². The summed E-state index contributed by atoms with van der Waals surface area (Å²) in [5, 5.41) is 32.2. The van der Waals surface area contributed by atoms with Gasteiger partial charge in [0.2, 0.25) is 5.91 Å². The van der Waals surface area contributed by atoms with E-state index in [1.165, 1.54) is 53.7 Å². The van der Waals surface area contributed by atoms with Crippen LogP contribution in [0, 0.1) is 17.0 Å². The van der Waals surface area contributed by atoms with E-state index in [-0.39, 0.29) is 57.4 Å². The van der Waals surface area contributed by atoms with Crippen LogP contribution in [-0.2, 0) is 31.5 Å². The highest BCUT2D eigenvalue weighted by Crippen LogP contribution is 2.25. The molecule has 0 unspecified atom stereocenters. The van der Waals surface area contributed by atoms with E-state index in [2.05, 4.69) is 63.1 Å². The number of nitrogens with one attached hydrogen (secondary N) is 5. The summed E-state index contributed by atoms with van der Waals surface area (Å²) in [7, 11) is 1.64. The van der Waals surface area contributed by atoms with E-state index in [1.807, 2.05) is 32.9 Å². The van der Waals surface area contributed by atoms with Crippen LogP contribution in [0.1, 0.15) is 70.4 Å². The SMILES string of the molecule is C=C(O)c1cccc(CNc2n[nH]c3c(C(=O)NCc4ccc(F)c(Cl)c4)ncnc23)c1.Cn1nc(NC(=O)CC(C)(C)C)c2ncnc(C(=O)NCc3ccc(F)c(Cl)c3)c21. The number of anilines is 2. The molecule has 0 aliphatic carbocycles. The molecule has 0 saturated heterocycles. The average molecular weight is 886 g/mol. The number of hydrogen-bond acceptors (Lipinski definition) is 11. The van der Waals surface area contributed by atoms with Gasteiger partial charge in [0.05, 0.1) is 10.0 Å². The van der Waals surface area contributed by atoms with Gasteiger partial charge in [-0.3, -0.25) is 24.2 Å². The molecule has 62 heavy (non-hydrogen) atoms. The molecule has 0 spiro atoms. The van der Waals surface area contributed by atoms with Crippen LogP contribution in [0.2, 0.25) is 10.0 Å². The molecule has 0 aliphatic rings. The first kappa shape index (κ1) is 44.5. The molecule has 0 aliphatic heterocycles. The largest absolute Gasteiger partial charge is 0.508 e. The minimum atomic E-state index is -0.528. The second-order valence-corrected chi connectivity index (χ2v) is 15.9. The van der Waals surface area contributed by atoms with Crippen molar-refractivity contribution in [2.45, 2.75) is 46.8 Å². The Morgan fingerprint density at radius 3 is 1.97 bits per heavy atom. The van der Waals surface area contributed by atoms with E-state index < -0.39 is 23.4 Å². The third-order valence-corrected chi connectivity index (χ3v) is 9.52. The van der Waals surface area contributed by atoms with Gasteiger partial charge in [-0.05, 0) is 52.4 Å². The fourth-order valence-corrected chi connectivity index (χ4v) is 6.43. The number of hydrogen-bond donors (Lipinski definition) is 6. The number of carbonyl (C=O) groups is 3. The van der Waals surface area contributed by atoms with Crippen LogP contribution < -0.4 is 21.3 Å². The Morgan fingerprint density at radius 2 is 1.37 bits per heavy atom. The Labute approximate surface area is 363 Å². The van der Waals surface area contributed by atoms with Crippen LogP contribution in [0.4, 0.5) is 20.4 Å². The van der Waals surface area contributed by atoms with Crippen molar-refractivity contribution >= 4 is 80.4 Å². The van der Waals surface area contributed by atoms with Gasteiger partial charge >= 0.3 is 0 Å². The van der Waals surface area contributed by atoms with E-state index in [0.717, 1.165) is 5.56 Å². The molecule has 320 valence electrons. The second-order valence-electron chi connectivity index (χ2n) is 15.1. The number of fused-ring (bicyclic) bond motifs is 2. The summed E-state index contributed by atoms with van der Waals surface area (Å²) in [4.78, 5) is 54.2. The van der Waals surface area contributed by atoms with E-state index in [9.17, 15) is 28.3 Å². The van der Waals surface area contributed by atoms with E-state index in [1.54, 1.807) is 19.2 Å². The van der Waals surface area contributed by atoms with Crippen LogP contribution in [0.15, 0.2) is 79.9 Å². The smallest absolute Gasteiger partial charge is 0.272 e. The quantitative estimate of drug-likeness (QED) is 0.0654. The molecule has 0 saturated carbocycles.